The molecule has 0 aliphatic heterocycles. The molecular weight excluding hydrogens is 352 g/mol. The maximum absolute atomic E-state index is 12.3. The Morgan fingerprint density at radius 1 is 1.04 bits per heavy atom. The molecule has 0 radical (unpaired) electrons. The minimum atomic E-state index is -0.0694. The van der Waals surface area contributed by atoms with Crippen LogP contribution in [0.5, 0.6) is 0 Å². The van der Waals surface area contributed by atoms with Crippen LogP contribution >= 0.6 is 0 Å². The van der Waals surface area contributed by atoms with Gasteiger partial charge in [0.05, 0.1) is 18.3 Å². The molecule has 0 spiro atoms. The minimum Gasteiger partial charge on any atom is -0.352 e. The molecule has 2 aromatic carbocycles. The Labute approximate surface area is 163 Å². The Kier molecular flexibility index (Phi) is 5.19. The summed E-state index contributed by atoms with van der Waals surface area (Å²) in [7, 11) is 0. The van der Waals surface area contributed by atoms with Crippen LogP contribution in [0.1, 0.15) is 24.0 Å². The molecule has 1 saturated carbocycles. The molecule has 2 N–H and O–H groups in total. The molecule has 28 heavy (non-hydrogen) atoms. The van der Waals surface area contributed by atoms with Crippen LogP contribution in [0.2, 0.25) is 0 Å². The number of hydrogen-bond acceptors (Lipinski definition) is 3. The summed E-state index contributed by atoms with van der Waals surface area (Å²) in [5.74, 6) is 0.178. The van der Waals surface area contributed by atoms with Gasteiger partial charge in [0.2, 0.25) is 11.8 Å². The fourth-order valence-electron chi connectivity index (χ4n) is 2.97. The molecule has 142 valence electrons. The lowest BCUT2D eigenvalue weighted by molar-refractivity contribution is -0.120. The van der Waals surface area contributed by atoms with Gasteiger partial charge in [-0.1, -0.05) is 30.3 Å². The van der Waals surface area contributed by atoms with Gasteiger partial charge in [-0.05, 0) is 48.2 Å². The molecule has 0 bridgehead atoms. The molecule has 1 aliphatic rings. The van der Waals surface area contributed by atoms with Crippen LogP contribution in [0, 0.1) is 5.92 Å². The van der Waals surface area contributed by atoms with E-state index in [2.05, 4.69) is 15.7 Å². The van der Waals surface area contributed by atoms with E-state index < -0.39 is 0 Å². The molecule has 1 heterocycles. The summed E-state index contributed by atoms with van der Waals surface area (Å²) >= 11 is 0. The van der Waals surface area contributed by atoms with Crippen molar-refractivity contribution in [3.05, 3.63) is 78.1 Å². The van der Waals surface area contributed by atoms with Crippen LogP contribution < -0.4 is 10.6 Å². The number of benzene rings is 2. The zero-order valence-corrected chi connectivity index (χ0v) is 15.5. The number of anilines is 1. The van der Waals surface area contributed by atoms with Gasteiger partial charge in [-0.15, -0.1) is 0 Å². The SMILES string of the molecule is O=C(Cc1cnn(-c2ccccc2)c1)NCc1cccc(NC(=O)C2CC2)c1. The van der Waals surface area contributed by atoms with E-state index in [4.69, 9.17) is 0 Å². The Morgan fingerprint density at radius 3 is 2.64 bits per heavy atom. The first-order valence-electron chi connectivity index (χ1n) is 9.43. The summed E-state index contributed by atoms with van der Waals surface area (Å²) in [6.07, 6.45) is 5.79. The molecule has 1 aromatic heterocycles. The first kappa shape index (κ1) is 18.0. The van der Waals surface area contributed by atoms with Crippen molar-refractivity contribution < 1.29 is 9.59 Å². The lowest BCUT2D eigenvalue weighted by Crippen LogP contribution is -2.24. The molecule has 1 aliphatic carbocycles. The van der Waals surface area contributed by atoms with Gasteiger partial charge in [-0.25, -0.2) is 4.68 Å². The third-order valence-electron chi connectivity index (χ3n) is 4.65. The predicted octanol–water partition coefficient (Wildman–Crippen LogP) is 3.08. The van der Waals surface area contributed by atoms with E-state index in [1.54, 1.807) is 10.9 Å². The van der Waals surface area contributed by atoms with Gasteiger partial charge in [0.25, 0.3) is 0 Å². The standard InChI is InChI=1S/C22H22N4O2/c27-21(12-17-14-24-26(15-17)20-7-2-1-3-8-20)23-13-16-5-4-6-19(11-16)25-22(28)18-9-10-18/h1-8,11,14-15,18H,9-10,12-13H2,(H,23,27)(H,25,28). The fraction of sp³-hybridized carbons (Fsp3) is 0.227. The topological polar surface area (TPSA) is 76.0 Å². The molecule has 6 heteroatoms. The number of nitrogens with one attached hydrogen (secondary N) is 2. The highest BCUT2D eigenvalue weighted by atomic mass is 16.2. The van der Waals surface area contributed by atoms with Gasteiger partial charge >= 0.3 is 0 Å². The Balaban J connectivity index is 1.30. The highest BCUT2D eigenvalue weighted by molar-refractivity contribution is 5.94. The second-order valence-electron chi connectivity index (χ2n) is 7.05. The molecule has 0 unspecified atom stereocenters. The number of amides is 2. The van der Waals surface area contributed by atoms with Gasteiger partial charge in [0.1, 0.15) is 0 Å². The molecule has 4 rings (SSSR count). The van der Waals surface area contributed by atoms with E-state index in [-0.39, 0.29) is 24.2 Å². The van der Waals surface area contributed by atoms with Gasteiger partial charge in [0, 0.05) is 24.3 Å². The number of nitrogens with zero attached hydrogens (tertiary/aromatic N) is 2. The number of rotatable bonds is 7. The predicted molar refractivity (Wildman–Crippen MR) is 107 cm³/mol. The summed E-state index contributed by atoms with van der Waals surface area (Å²) in [5, 5.41) is 10.2. The maximum Gasteiger partial charge on any atom is 0.227 e. The summed E-state index contributed by atoms with van der Waals surface area (Å²) in [4.78, 5) is 24.1. The summed E-state index contributed by atoms with van der Waals surface area (Å²) < 4.78 is 1.76. The summed E-state index contributed by atoms with van der Waals surface area (Å²) in [6.45, 7) is 0.415. The van der Waals surface area contributed by atoms with Gasteiger partial charge in [-0.3, -0.25) is 9.59 Å². The van der Waals surface area contributed by atoms with Crippen LogP contribution in [0.4, 0.5) is 5.69 Å². The Bertz CT molecular complexity index is 977. The molecule has 2 amide bonds. The van der Waals surface area contributed by atoms with Gasteiger partial charge in [-0.2, -0.15) is 5.10 Å². The van der Waals surface area contributed by atoms with E-state index in [9.17, 15) is 9.59 Å². The number of carbonyl (C=O) groups excluding carboxylic acids is 2. The minimum absolute atomic E-state index is 0.0694. The number of hydrogen-bond donors (Lipinski definition) is 2. The van der Waals surface area contributed by atoms with Crippen molar-refractivity contribution in [3.63, 3.8) is 0 Å². The third kappa shape index (κ3) is 4.65. The lowest BCUT2D eigenvalue weighted by Gasteiger charge is -2.08. The molecular formula is C22H22N4O2. The molecule has 3 aromatic rings. The van der Waals surface area contributed by atoms with Crippen LogP contribution in [0.3, 0.4) is 0 Å². The average Bonchev–Trinajstić information content (AvgIpc) is 3.47. The monoisotopic (exact) mass is 374 g/mol. The normalized spacial score (nSPS) is 13.1. The maximum atomic E-state index is 12.3. The first-order valence-corrected chi connectivity index (χ1v) is 9.43. The molecule has 6 nitrogen and oxygen atoms in total. The lowest BCUT2D eigenvalue weighted by atomic mass is 10.2. The Morgan fingerprint density at radius 2 is 1.86 bits per heavy atom. The molecule has 0 saturated heterocycles. The van der Waals surface area contributed by atoms with Crippen molar-refractivity contribution in [3.8, 4) is 5.69 Å². The van der Waals surface area contributed by atoms with Crippen molar-refractivity contribution in [1.29, 1.82) is 0 Å². The van der Waals surface area contributed by atoms with E-state index in [1.807, 2.05) is 60.8 Å². The van der Waals surface area contributed by atoms with Crippen LogP contribution in [-0.2, 0) is 22.6 Å². The number of aromatic nitrogens is 2. The summed E-state index contributed by atoms with van der Waals surface area (Å²) in [5.41, 5.74) is 3.53. The fourth-order valence-corrected chi connectivity index (χ4v) is 2.97. The summed E-state index contributed by atoms with van der Waals surface area (Å²) in [6, 6.07) is 17.4. The largest absolute Gasteiger partial charge is 0.352 e. The average molecular weight is 374 g/mol. The third-order valence-corrected chi connectivity index (χ3v) is 4.65. The van der Waals surface area contributed by atoms with Crippen LogP contribution in [-0.4, -0.2) is 21.6 Å². The van der Waals surface area contributed by atoms with E-state index >= 15 is 0 Å². The zero-order chi connectivity index (χ0) is 19.3. The second kappa shape index (κ2) is 8.08. The quantitative estimate of drug-likeness (QED) is 0.667. The van der Waals surface area contributed by atoms with Crippen molar-refractivity contribution in [1.82, 2.24) is 15.1 Å². The first-order chi connectivity index (χ1) is 13.7. The highest BCUT2D eigenvalue weighted by Crippen LogP contribution is 2.30. The van der Waals surface area contributed by atoms with Crippen molar-refractivity contribution >= 4 is 17.5 Å². The van der Waals surface area contributed by atoms with Gasteiger partial charge in [0.15, 0.2) is 0 Å². The van der Waals surface area contributed by atoms with E-state index in [0.29, 0.717) is 6.54 Å². The van der Waals surface area contributed by atoms with E-state index in [0.717, 1.165) is 35.3 Å². The van der Waals surface area contributed by atoms with Crippen molar-refractivity contribution in [2.45, 2.75) is 25.8 Å². The van der Waals surface area contributed by atoms with Crippen molar-refractivity contribution in [2.75, 3.05) is 5.32 Å². The van der Waals surface area contributed by atoms with Crippen LogP contribution in [0.25, 0.3) is 5.69 Å². The highest BCUT2D eigenvalue weighted by Gasteiger charge is 2.29. The zero-order valence-electron chi connectivity index (χ0n) is 15.5. The van der Waals surface area contributed by atoms with Crippen LogP contribution in [0.15, 0.2) is 67.0 Å². The molecule has 1 fully saturated rings. The number of para-hydroxylation sites is 1. The number of carbonyl (C=O) groups is 2. The smallest absolute Gasteiger partial charge is 0.227 e. The second-order valence-corrected chi connectivity index (χ2v) is 7.05. The Hall–Kier alpha value is -3.41. The molecule has 0 atom stereocenters. The van der Waals surface area contributed by atoms with E-state index in [1.165, 1.54) is 0 Å². The van der Waals surface area contributed by atoms with Crippen molar-refractivity contribution in [2.24, 2.45) is 5.92 Å². The van der Waals surface area contributed by atoms with Gasteiger partial charge < -0.3 is 10.6 Å².